The van der Waals surface area contributed by atoms with Gasteiger partial charge in [-0.1, -0.05) is 54.8 Å². The first-order valence-corrected chi connectivity index (χ1v) is 10.4. The summed E-state index contributed by atoms with van der Waals surface area (Å²) >= 11 is 6.08. The third-order valence-electron chi connectivity index (χ3n) is 5.41. The van der Waals surface area contributed by atoms with E-state index < -0.39 is 11.9 Å². The molecule has 0 spiro atoms. The third-order valence-corrected chi connectivity index (χ3v) is 5.65. The number of rotatable bonds is 7. The second-order valence-electron chi connectivity index (χ2n) is 7.59. The second-order valence-corrected chi connectivity index (χ2v) is 8.02. The number of nitrogens with zero attached hydrogens (tertiary/aromatic N) is 1. The van der Waals surface area contributed by atoms with Crippen LogP contribution in [0.25, 0.3) is 0 Å². The van der Waals surface area contributed by atoms with Gasteiger partial charge in [-0.15, -0.1) is 0 Å². The van der Waals surface area contributed by atoms with Crippen molar-refractivity contribution in [3.8, 4) is 0 Å². The van der Waals surface area contributed by atoms with E-state index in [9.17, 15) is 14.0 Å². The standard InChI is InChI=1S/C23H26ClFN2O2/c1-16(23(29)26-20-10-3-4-11-20)27(15-17-7-6-9-19(24)13-17)22(28)14-18-8-2-5-12-21(18)25/h2,5-9,12-13,16,20H,3-4,10-11,14-15H2,1H3,(H,26,29). The van der Waals surface area contributed by atoms with Gasteiger partial charge < -0.3 is 10.2 Å². The molecule has 1 fully saturated rings. The average Bonchev–Trinajstić information content (AvgIpc) is 3.20. The fraction of sp³-hybridized carbons (Fsp3) is 0.391. The minimum atomic E-state index is -0.672. The quantitative estimate of drug-likeness (QED) is 0.722. The van der Waals surface area contributed by atoms with E-state index in [0.29, 0.717) is 10.6 Å². The molecule has 0 radical (unpaired) electrons. The van der Waals surface area contributed by atoms with Gasteiger partial charge in [0.25, 0.3) is 0 Å². The van der Waals surface area contributed by atoms with Gasteiger partial charge in [0.1, 0.15) is 11.9 Å². The van der Waals surface area contributed by atoms with E-state index in [1.54, 1.807) is 43.3 Å². The molecule has 6 heteroatoms. The molecule has 0 heterocycles. The monoisotopic (exact) mass is 416 g/mol. The highest BCUT2D eigenvalue weighted by Gasteiger charge is 2.28. The van der Waals surface area contributed by atoms with Crippen molar-refractivity contribution in [3.63, 3.8) is 0 Å². The summed E-state index contributed by atoms with van der Waals surface area (Å²) in [5.74, 6) is -0.906. The van der Waals surface area contributed by atoms with Crippen LogP contribution in [0.1, 0.15) is 43.7 Å². The van der Waals surface area contributed by atoms with Crippen molar-refractivity contribution in [2.75, 3.05) is 0 Å². The third kappa shape index (κ3) is 5.80. The van der Waals surface area contributed by atoms with E-state index in [1.807, 2.05) is 6.07 Å². The van der Waals surface area contributed by atoms with Crippen LogP contribution < -0.4 is 5.32 Å². The number of halogens is 2. The number of benzene rings is 2. The summed E-state index contributed by atoms with van der Waals surface area (Å²) in [4.78, 5) is 27.4. The highest BCUT2D eigenvalue weighted by atomic mass is 35.5. The van der Waals surface area contributed by atoms with Gasteiger partial charge in [-0.05, 0) is 49.1 Å². The molecule has 2 aromatic rings. The normalized spacial score (nSPS) is 15.1. The first kappa shape index (κ1) is 21.3. The van der Waals surface area contributed by atoms with Gasteiger partial charge in [0.15, 0.2) is 0 Å². The molecule has 1 atom stereocenters. The van der Waals surface area contributed by atoms with Crippen LogP contribution >= 0.6 is 11.6 Å². The molecule has 1 saturated carbocycles. The Morgan fingerprint density at radius 1 is 1.17 bits per heavy atom. The van der Waals surface area contributed by atoms with E-state index in [-0.39, 0.29) is 30.8 Å². The largest absolute Gasteiger partial charge is 0.352 e. The van der Waals surface area contributed by atoms with Crippen LogP contribution in [-0.2, 0) is 22.6 Å². The Morgan fingerprint density at radius 2 is 1.90 bits per heavy atom. The maximum Gasteiger partial charge on any atom is 0.242 e. The lowest BCUT2D eigenvalue weighted by Crippen LogP contribution is -2.50. The maximum absolute atomic E-state index is 14.1. The number of hydrogen-bond donors (Lipinski definition) is 1. The molecule has 0 aliphatic heterocycles. The molecule has 1 N–H and O–H groups in total. The van der Waals surface area contributed by atoms with Crippen LogP contribution in [0.4, 0.5) is 4.39 Å². The molecular weight excluding hydrogens is 391 g/mol. The van der Waals surface area contributed by atoms with Gasteiger partial charge in [0.05, 0.1) is 6.42 Å². The molecule has 1 unspecified atom stereocenters. The number of carbonyl (C=O) groups excluding carboxylic acids is 2. The summed E-state index contributed by atoms with van der Waals surface area (Å²) in [6.07, 6.45) is 4.05. The van der Waals surface area contributed by atoms with Crippen LogP contribution in [0.15, 0.2) is 48.5 Å². The predicted octanol–water partition coefficient (Wildman–Crippen LogP) is 4.50. The topological polar surface area (TPSA) is 49.4 Å². The summed E-state index contributed by atoms with van der Waals surface area (Å²) in [6.45, 7) is 1.95. The van der Waals surface area contributed by atoms with Gasteiger partial charge in [-0.2, -0.15) is 0 Å². The Kier molecular flexibility index (Phi) is 7.26. The zero-order chi connectivity index (χ0) is 20.8. The van der Waals surface area contributed by atoms with Crippen molar-refractivity contribution < 1.29 is 14.0 Å². The number of hydrogen-bond acceptors (Lipinski definition) is 2. The predicted molar refractivity (Wildman–Crippen MR) is 112 cm³/mol. The Hall–Kier alpha value is -2.40. The Morgan fingerprint density at radius 3 is 2.59 bits per heavy atom. The Bertz CT molecular complexity index is 867. The van der Waals surface area contributed by atoms with Crippen LogP contribution in [-0.4, -0.2) is 28.8 Å². The van der Waals surface area contributed by atoms with E-state index in [1.165, 1.54) is 11.0 Å². The first-order chi connectivity index (χ1) is 13.9. The smallest absolute Gasteiger partial charge is 0.242 e. The van der Waals surface area contributed by atoms with E-state index in [0.717, 1.165) is 31.2 Å². The molecule has 4 nitrogen and oxygen atoms in total. The fourth-order valence-electron chi connectivity index (χ4n) is 3.71. The summed E-state index contributed by atoms with van der Waals surface area (Å²) in [7, 11) is 0. The Labute approximate surface area is 176 Å². The van der Waals surface area contributed by atoms with Crippen molar-refractivity contribution in [1.29, 1.82) is 0 Å². The average molecular weight is 417 g/mol. The van der Waals surface area contributed by atoms with Crippen LogP contribution in [0.3, 0.4) is 0 Å². The summed E-state index contributed by atoms with van der Waals surface area (Å²) in [6, 6.07) is 12.9. The van der Waals surface area contributed by atoms with Crippen LogP contribution in [0, 0.1) is 5.82 Å². The van der Waals surface area contributed by atoms with Crippen molar-refractivity contribution in [3.05, 3.63) is 70.5 Å². The van der Waals surface area contributed by atoms with Crippen LogP contribution in [0.5, 0.6) is 0 Å². The lowest BCUT2D eigenvalue weighted by molar-refractivity contribution is -0.140. The van der Waals surface area contributed by atoms with Gasteiger partial charge >= 0.3 is 0 Å². The molecule has 1 aliphatic carbocycles. The zero-order valence-electron chi connectivity index (χ0n) is 16.5. The molecule has 29 heavy (non-hydrogen) atoms. The Balaban J connectivity index is 1.78. The van der Waals surface area contributed by atoms with E-state index in [4.69, 9.17) is 11.6 Å². The molecule has 1 aliphatic rings. The minimum Gasteiger partial charge on any atom is -0.352 e. The maximum atomic E-state index is 14.1. The molecule has 0 saturated heterocycles. The summed E-state index contributed by atoms with van der Waals surface area (Å²) < 4.78 is 14.1. The van der Waals surface area contributed by atoms with Crippen molar-refractivity contribution in [2.45, 2.75) is 57.7 Å². The lowest BCUT2D eigenvalue weighted by Gasteiger charge is -2.30. The number of amides is 2. The SMILES string of the molecule is CC(C(=O)NC1CCCC1)N(Cc1cccc(Cl)c1)C(=O)Cc1ccccc1F. The highest BCUT2D eigenvalue weighted by Crippen LogP contribution is 2.20. The van der Waals surface area contributed by atoms with Crippen LogP contribution in [0.2, 0.25) is 5.02 Å². The molecule has 0 bridgehead atoms. The van der Waals surface area contributed by atoms with Crippen molar-refractivity contribution in [1.82, 2.24) is 10.2 Å². The number of carbonyl (C=O) groups is 2. The van der Waals surface area contributed by atoms with Gasteiger partial charge in [-0.3, -0.25) is 9.59 Å². The molecular formula is C23H26ClFN2O2. The fourth-order valence-corrected chi connectivity index (χ4v) is 3.93. The van der Waals surface area contributed by atoms with Gasteiger partial charge in [0.2, 0.25) is 11.8 Å². The molecule has 154 valence electrons. The zero-order valence-corrected chi connectivity index (χ0v) is 17.3. The summed E-state index contributed by atoms with van der Waals surface area (Å²) in [5, 5.41) is 3.62. The van der Waals surface area contributed by atoms with E-state index in [2.05, 4.69) is 5.32 Å². The first-order valence-electron chi connectivity index (χ1n) is 10.0. The molecule has 2 aromatic carbocycles. The van der Waals surface area contributed by atoms with Gasteiger partial charge in [0, 0.05) is 17.6 Å². The lowest BCUT2D eigenvalue weighted by atomic mass is 10.1. The molecule has 0 aromatic heterocycles. The van der Waals surface area contributed by atoms with E-state index >= 15 is 0 Å². The molecule has 3 rings (SSSR count). The van der Waals surface area contributed by atoms with Gasteiger partial charge in [-0.25, -0.2) is 4.39 Å². The summed E-state index contributed by atoms with van der Waals surface area (Å²) in [5.41, 5.74) is 1.14. The number of nitrogens with one attached hydrogen (secondary N) is 1. The minimum absolute atomic E-state index is 0.103. The van der Waals surface area contributed by atoms with Crippen molar-refractivity contribution in [2.24, 2.45) is 0 Å². The highest BCUT2D eigenvalue weighted by molar-refractivity contribution is 6.30. The van der Waals surface area contributed by atoms with Crippen molar-refractivity contribution >= 4 is 23.4 Å². The molecule has 2 amide bonds. The second kappa shape index (κ2) is 9.88.